The van der Waals surface area contributed by atoms with Gasteiger partial charge in [-0.15, -0.1) is 12.4 Å². The SMILES string of the molecule is CCCNCCNC(=O)c1ccc(OCC)c([N+](=O)[O-])c1.Cl. The molecule has 2 N–H and O–H groups in total. The molecule has 0 saturated carbocycles. The number of nitro benzene ring substituents is 1. The monoisotopic (exact) mass is 331 g/mol. The Kier molecular flexibility index (Phi) is 9.89. The third kappa shape index (κ3) is 6.28. The Morgan fingerprint density at radius 3 is 2.59 bits per heavy atom. The number of hydrogen-bond donors (Lipinski definition) is 2. The molecule has 0 spiro atoms. The second-order valence-corrected chi connectivity index (χ2v) is 4.38. The molecule has 0 fully saturated rings. The smallest absolute Gasteiger partial charge is 0.311 e. The van der Waals surface area contributed by atoms with E-state index < -0.39 is 4.92 Å². The van der Waals surface area contributed by atoms with Crippen molar-refractivity contribution in [1.82, 2.24) is 10.6 Å². The van der Waals surface area contributed by atoms with E-state index in [4.69, 9.17) is 4.74 Å². The first-order chi connectivity index (χ1) is 10.1. The van der Waals surface area contributed by atoms with Gasteiger partial charge in [-0.25, -0.2) is 0 Å². The van der Waals surface area contributed by atoms with Crippen LogP contribution in [0.25, 0.3) is 0 Å². The summed E-state index contributed by atoms with van der Waals surface area (Å²) in [6, 6.07) is 4.21. The Morgan fingerprint density at radius 2 is 2.00 bits per heavy atom. The van der Waals surface area contributed by atoms with Crippen molar-refractivity contribution in [2.45, 2.75) is 20.3 Å². The van der Waals surface area contributed by atoms with E-state index >= 15 is 0 Å². The zero-order chi connectivity index (χ0) is 15.7. The molecule has 0 atom stereocenters. The van der Waals surface area contributed by atoms with Crippen LogP contribution in [0.2, 0.25) is 0 Å². The second-order valence-electron chi connectivity index (χ2n) is 4.38. The van der Waals surface area contributed by atoms with Crippen molar-refractivity contribution in [3.8, 4) is 5.75 Å². The van der Waals surface area contributed by atoms with Gasteiger partial charge in [0, 0.05) is 24.7 Å². The molecule has 124 valence electrons. The Hall–Kier alpha value is -1.86. The van der Waals surface area contributed by atoms with E-state index in [1.807, 2.05) is 0 Å². The Labute approximate surface area is 136 Å². The summed E-state index contributed by atoms with van der Waals surface area (Å²) in [5, 5.41) is 16.9. The highest BCUT2D eigenvalue weighted by atomic mass is 35.5. The molecule has 0 radical (unpaired) electrons. The molecule has 0 aromatic heterocycles. The molecule has 1 aromatic rings. The van der Waals surface area contributed by atoms with Gasteiger partial charge in [0.1, 0.15) is 0 Å². The van der Waals surface area contributed by atoms with Crippen LogP contribution in [0.15, 0.2) is 18.2 Å². The van der Waals surface area contributed by atoms with Gasteiger partial charge in [0.25, 0.3) is 5.91 Å². The van der Waals surface area contributed by atoms with Crippen molar-refractivity contribution in [3.05, 3.63) is 33.9 Å². The van der Waals surface area contributed by atoms with Crippen molar-refractivity contribution in [2.75, 3.05) is 26.2 Å². The van der Waals surface area contributed by atoms with Crippen molar-refractivity contribution >= 4 is 24.0 Å². The standard InChI is InChI=1S/C14H21N3O4.ClH/c1-3-7-15-8-9-16-14(18)11-5-6-13(21-4-2)12(10-11)17(19)20;/h5-6,10,15H,3-4,7-9H2,1-2H3,(H,16,18);1H. The van der Waals surface area contributed by atoms with Crippen molar-refractivity contribution in [1.29, 1.82) is 0 Å². The topological polar surface area (TPSA) is 93.5 Å². The Bertz CT molecular complexity index is 497. The first-order valence-corrected chi connectivity index (χ1v) is 7.00. The molecule has 0 aliphatic rings. The molecule has 0 heterocycles. The predicted molar refractivity (Wildman–Crippen MR) is 87.0 cm³/mol. The van der Waals surface area contributed by atoms with Gasteiger partial charge in [-0.05, 0) is 32.0 Å². The van der Waals surface area contributed by atoms with E-state index in [9.17, 15) is 14.9 Å². The third-order valence-corrected chi connectivity index (χ3v) is 2.73. The zero-order valence-electron chi connectivity index (χ0n) is 12.8. The minimum atomic E-state index is -0.551. The highest BCUT2D eigenvalue weighted by Gasteiger charge is 2.18. The lowest BCUT2D eigenvalue weighted by molar-refractivity contribution is -0.385. The fourth-order valence-corrected chi connectivity index (χ4v) is 1.75. The fourth-order valence-electron chi connectivity index (χ4n) is 1.75. The number of ether oxygens (including phenoxy) is 1. The average Bonchev–Trinajstić information content (AvgIpc) is 2.47. The van der Waals surface area contributed by atoms with Gasteiger partial charge in [0.05, 0.1) is 11.5 Å². The van der Waals surface area contributed by atoms with Gasteiger partial charge in [-0.1, -0.05) is 6.92 Å². The number of hydrogen-bond acceptors (Lipinski definition) is 5. The number of nitro groups is 1. The van der Waals surface area contributed by atoms with Crippen molar-refractivity contribution in [3.63, 3.8) is 0 Å². The minimum absolute atomic E-state index is 0. The molecule has 0 aliphatic heterocycles. The molecule has 8 heteroatoms. The molecular weight excluding hydrogens is 310 g/mol. The van der Waals surface area contributed by atoms with Gasteiger partial charge in [0.15, 0.2) is 5.75 Å². The summed E-state index contributed by atoms with van der Waals surface area (Å²) in [4.78, 5) is 22.4. The molecule has 1 aromatic carbocycles. The van der Waals surface area contributed by atoms with Crippen LogP contribution in [0.5, 0.6) is 5.75 Å². The summed E-state index contributed by atoms with van der Waals surface area (Å²) in [6.07, 6.45) is 1.03. The molecule has 0 saturated heterocycles. The summed E-state index contributed by atoms with van der Waals surface area (Å²) in [6.45, 7) is 6.16. The van der Waals surface area contributed by atoms with Crippen LogP contribution < -0.4 is 15.4 Å². The molecule has 7 nitrogen and oxygen atoms in total. The molecular formula is C14H22ClN3O4. The lowest BCUT2D eigenvalue weighted by Crippen LogP contribution is -2.32. The lowest BCUT2D eigenvalue weighted by Gasteiger charge is -2.08. The van der Waals surface area contributed by atoms with Gasteiger partial charge in [-0.2, -0.15) is 0 Å². The van der Waals surface area contributed by atoms with E-state index in [0.29, 0.717) is 19.7 Å². The largest absolute Gasteiger partial charge is 0.487 e. The number of carbonyl (C=O) groups excluding carboxylic acids is 1. The zero-order valence-corrected chi connectivity index (χ0v) is 13.6. The molecule has 0 aliphatic carbocycles. The third-order valence-electron chi connectivity index (χ3n) is 2.73. The second kappa shape index (κ2) is 10.8. The van der Waals surface area contributed by atoms with E-state index in [0.717, 1.165) is 13.0 Å². The summed E-state index contributed by atoms with van der Waals surface area (Å²) in [5.74, 6) is -0.164. The first kappa shape index (κ1) is 20.1. The molecule has 0 bridgehead atoms. The van der Waals surface area contributed by atoms with Gasteiger partial charge >= 0.3 is 5.69 Å². The molecule has 22 heavy (non-hydrogen) atoms. The molecule has 0 unspecified atom stereocenters. The van der Waals surface area contributed by atoms with E-state index in [-0.39, 0.29) is 35.3 Å². The number of amides is 1. The van der Waals surface area contributed by atoms with Gasteiger partial charge < -0.3 is 15.4 Å². The van der Waals surface area contributed by atoms with Crippen LogP contribution in [-0.2, 0) is 0 Å². The quantitative estimate of drug-likeness (QED) is 0.411. The van der Waals surface area contributed by atoms with Gasteiger partial charge in [0.2, 0.25) is 0 Å². The summed E-state index contributed by atoms with van der Waals surface area (Å²) < 4.78 is 5.18. The Morgan fingerprint density at radius 1 is 1.27 bits per heavy atom. The van der Waals surface area contributed by atoms with Crippen LogP contribution >= 0.6 is 12.4 Å². The van der Waals surface area contributed by atoms with Crippen LogP contribution in [0.1, 0.15) is 30.6 Å². The fraction of sp³-hybridized carbons (Fsp3) is 0.500. The van der Waals surface area contributed by atoms with E-state index in [1.54, 1.807) is 6.92 Å². The lowest BCUT2D eigenvalue weighted by atomic mass is 10.1. The minimum Gasteiger partial charge on any atom is -0.487 e. The maximum atomic E-state index is 11.9. The number of carbonyl (C=O) groups is 1. The maximum Gasteiger partial charge on any atom is 0.311 e. The van der Waals surface area contributed by atoms with Gasteiger partial charge in [-0.3, -0.25) is 14.9 Å². The number of nitrogens with one attached hydrogen (secondary N) is 2. The van der Waals surface area contributed by atoms with Crippen LogP contribution in [0, 0.1) is 10.1 Å². The molecule has 1 rings (SSSR count). The van der Waals surface area contributed by atoms with E-state index in [2.05, 4.69) is 17.6 Å². The first-order valence-electron chi connectivity index (χ1n) is 7.00. The summed E-state index contributed by atoms with van der Waals surface area (Å²) in [5.41, 5.74) is 0.0502. The van der Waals surface area contributed by atoms with Crippen LogP contribution in [0.4, 0.5) is 5.69 Å². The molecule has 1 amide bonds. The van der Waals surface area contributed by atoms with Crippen molar-refractivity contribution < 1.29 is 14.5 Å². The maximum absolute atomic E-state index is 11.9. The number of benzene rings is 1. The summed E-state index contributed by atoms with van der Waals surface area (Å²) in [7, 11) is 0. The number of rotatable bonds is 9. The average molecular weight is 332 g/mol. The number of nitrogens with zero attached hydrogens (tertiary/aromatic N) is 1. The summed E-state index contributed by atoms with van der Waals surface area (Å²) >= 11 is 0. The normalized spacial score (nSPS) is 9.73. The van der Waals surface area contributed by atoms with Crippen LogP contribution in [0.3, 0.4) is 0 Å². The highest BCUT2D eigenvalue weighted by Crippen LogP contribution is 2.27. The highest BCUT2D eigenvalue weighted by molar-refractivity contribution is 5.95. The van der Waals surface area contributed by atoms with Crippen molar-refractivity contribution in [2.24, 2.45) is 0 Å². The number of halogens is 1. The Balaban J connectivity index is 0.00000441. The predicted octanol–water partition coefficient (Wildman–Crippen LogP) is 2.14. The van der Waals surface area contributed by atoms with Crippen LogP contribution in [-0.4, -0.2) is 37.1 Å². The van der Waals surface area contributed by atoms with E-state index in [1.165, 1.54) is 18.2 Å².